The van der Waals surface area contributed by atoms with Crippen LogP contribution < -0.4 is 10.6 Å². The molecule has 7 nitrogen and oxygen atoms in total. The molecule has 0 aliphatic heterocycles. The predicted molar refractivity (Wildman–Crippen MR) is 143 cm³/mol. The lowest BCUT2D eigenvalue weighted by Gasteiger charge is -2.13. The summed E-state index contributed by atoms with van der Waals surface area (Å²) in [6.45, 7) is 0.570. The Labute approximate surface area is 221 Å². The van der Waals surface area contributed by atoms with E-state index >= 15 is 0 Å². The Morgan fingerprint density at radius 1 is 1.06 bits per heavy atom. The van der Waals surface area contributed by atoms with Gasteiger partial charge in [-0.05, 0) is 91.9 Å². The molecule has 0 saturated carbocycles. The zero-order valence-corrected chi connectivity index (χ0v) is 19.5. The summed E-state index contributed by atoms with van der Waals surface area (Å²) in [4.78, 5) is 26.2. The van der Waals surface area contributed by atoms with Crippen LogP contribution in [0.5, 0.6) is 0 Å². The molecule has 0 unspecified atom stereocenters. The largest absolute Gasteiger partial charge is 0.324 e. The van der Waals surface area contributed by atoms with Gasteiger partial charge in [0.1, 0.15) is 0 Å². The Balaban J connectivity index is 1.53. The number of rotatable bonds is 6. The zero-order chi connectivity index (χ0) is 31.9. The number of hydrogen-bond acceptors (Lipinski definition) is 5. The van der Waals surface area contributed by atoms with Crippen molar-refractivity contribution in [3.63, 3.8) is 0 Å². The van der Waals surface area contributed by atoms with Crippen molar-refractivity contribution < 1.29 is 15.8 Å². The van der Waals surface area contributed by atoms with E-state index in [2.05, 4.69) is 25.6 Å². The van der Waals surface area contributed by atoms with Crippen LogP contribution in [-0.2, 0) is 0 Å². The molecule has 0 aliphatic rings. The molecule has 2 N–H and O–H groups in total. The number of hydrogen-bond donors (Lipinski definition) is 2. The highest BCUT2D eigenvalue weighted by Crippen LogP contribution is 2.24. The lowest BCUT2D eigenvalue weighted by molar-refractivity contribution is 0.102. The van der Waals surface area contributed by atoms with Crippen molar-refractivity contribution in [2.45, 2.75) is 20.7 Å². The van der Waals surface area contributed by atoms with E-state index in [-0.39, 0.29) is 64.1 Å². The highest BCUT2D eigenvalue weighted by Gasteiger charge is 2.12. The van der Waals surface area contributed by atoms with Gasteiger partial charge in [-0.2, -0.15) is 0 Å². The number of benzene rings is 2. The molecule has 1 amide bonds. The van der Waals surface area contributed by atoms with Gasteiger partial charge < -0.3 is 15.2 Å². The minimum atomic E-state index is -2.55. The van der Waals surface area contributed by atoms with Crippen LogP contribution in [0.4, 0.5) is 17.3 Å². The van der Waals surface area contributed by atoms with Gasteiger partial charge in [-0.15, -0.1) is 0 Å². The number of aryl methyl sites for hydroxylation is 2. The van der Waals surface area contributed by atoms with Gasteiger partial charge in [0.15, 0.2) is 0 Å². The number of aromatic nitrogens is 4. The van der Waals surface area contributed by atoms with Gasteiger partial charge in [-0.1, -0.05) is 6.07 Å². The van der Waals surface area contributed by atoms with Crippen LogP contribution in [0.25, 0.3) is 16.9 Å². The molecule has 3 heterocycles. The number of carbonyl (C=O) groups is 1. The molecule has 0 aliphatic carbocycles. The van der Waals surface area contributed by atoms with Gasteiger partial charge in [0.05, 0.1) is 12.5 Å². The fourth-order valence-corrected chi connectivity index (χ4v) is 3.46. The molecule has 36 heavy (non-hydrogen) atoms. The van der Waals surface area contributed by atoms with Crippen LogP contribution in [0, 0.1) is 20.7 Å². The van der Waals surface area contributed by atoms with Crippen molar-refractivity contribution >= 4 is 23.2 Å². The Bertz CT molecular complexity index is 1910. The van der Waals surface area contributed by atoms with E-state index in [1.165, 1.54) is 37.4 Å². The van der Waals surface area contributed by atoms with Crippen LogP contribution in [0.1, 0.15) is 38.0 Å². The lowest BCUT2D eigenvalue weighted by Crippen LogP contribution is -2.13. The molecule has 0 spiro atoms. The van der Waals surface area contributed by atoms with E-state index in [1.54, 1.807) is 31.5 Å². The minimum Gasteiger partial charge on any atom is -0.324 e. The number of pyridine rings is 1. The monoisotopic (exact) mass is 482 g/mol. The smallest absolute Gasteiger partial charge is 0.255 e. The molecule has 0 atom stereocenters. The molecule has 3 aromatic heterocycles. The number of nitrogens with zero attached hydrogens (tertiary/aromatic N) is 4. The van der Waals surface area contributed by atoms with E-state index in [4.69, 9.17) is 11.0 Å². The molecular formula is C29H26N6O. The summed E-state index contributed by atoms with van der Waals surface area (Å²) in [5.74, 6) is -0.664. The normalized spacial score (nSPS) is 14.3. The molecule has 7 heteroatoms. The Morgan fingerprint density at radius 2 is 1.97 bits per heavy atom. The first-order valence-electron chi connectivity index (χ1n) is 15.0. The van der Waals surface area contributed by atoms with Crippen LogP contribution in [0.15, 0.2) is 91.5 Å². The van der Waals surface area contributed by atoms with Crippen LogP contribution in [0.2, 0.25) is 0 Å². The zero-order valence-electron chi connectivity index (χ0n) is 27.5. The summed E-state index contributed by atoms with van der Waals surface area (Å²) >= 11 is 0. The van der Waals surface area contributed by atoms with Gasteiger partial charge in [0.2, 0.25) is 5.95 Å². The standard InChI is InChI=1S/C29H26N6O/c1-19-9-12-35(18-19)25-14-20(2)13-24(16-25)32-28(36)22-7-6-21(3)27(15-22)34-29-31-11-8-26(33-29)23-5-4-10-30-17-23/h4-18H,1-3H3,(H,32,36)(H,31,33,34)/i3D3,12D,13D,14D,16D,18D. The van der Waals surface area contributed by atoms with Gasteiger partial charge in [-0.3, -0.25) is 9.78 Å². The molecule has 2 aromatic carbocycles. The number of nitrogens with one attached hydrogen (secondary N) is 2. The highest BCUT2D eigenvalue weighted by atomic mass is 16.1. The summed E-state index contributed by atoms with van der Waals surface area (Å²) in [7, 11) is 0. The lowest BCUT2D eigenvalue weighted by atomic mass is 10.1. The van der Waals surface area contributed by atoms with Crippen molar-refractivity contribution in [1.29, 1.82) is 0 Å². The second kappa shape index (κ2) is 9.84. The fraction of sp³-hybridized carbons (Fsp3) is 0.103. The molecule has 5 rings (SSSR count). The van der Waals surface area contributed by atoms with E-state index < -0.39 is 18.8 Å². The topological polar surface area (TPSA) is 84.7 Å². The van der Waals surface area contributed by atoms with Crippen molar-refractivity contribution in [2.24, 2.45) is 0 Å². The van der Waals surface area contributed by atoms with E-state index in [1.807, 2.05) is 6.07 Å². The van der Waals surface area contributed by atoms with Gasteiger partial charge in [-0.25, -0.2) is 9.97 Å². The first kappa shape index (κ1) is 15.3. The predicted octanol–water partition coefficient (Wildman–Crippen LogP) is 6.25. The average molecular weight is 483 g/mol. The van der Waals surface area contributed by atoms with Crippen LogP contribution in [-0.4, -0.2) is 25.4 Å². The summed E-state index contributed by atoms with van der Waals surface area (Å²) in [6.07, 6.45) is 4.55. The molecular weight excluding hydrogens is 448 g/mol. The third-order valence-electron chi connectivity index (χ3n) is 5.16. The first-order valence-corrected chi connectivity index (χ1v) is 11.0. The maximum absolute atomic E-state index is 13.5. The summed E-state index contributed by atoms with van der Waals surface area (Å²) in [6, 6.07) is 9.70. The quantitative estimate of drug-likeness (QED) is 0.299. The Morgan fingerprint density at radius 3 is 2.75 bits per heavy atom. The third kappa shape index (κ3) is 5.15. The number of amides is 1. The highest BCUT2D eigenvalue weighted by molar-refractivity contribution is 6.05. The summed E-state index contributed by atoms with van der Waals surface area (Å²) < 4.78 is 67.6. The van der Waals surface area contributed by atoms with Crippen molar-refractivity contribution in [2.75, 3.05) is 10.6 Å². The molecule has 0 saturated heterocycles. The summed E-state index contributed by atoms with van der Waals surface area (Å²) in [5, 5.41) is 5.47. The maximum Gasteiger partial charge on any atom is 0.255 e. The van der Waals surface area contributed by atoms with E-state index in [0.717, 1.165) is 10.1 Å². The van der Waals surface area contributed by atoms with Crippen molar-refractivity contribution in [3.05, 3.63) is 114 Å². The van der Waals surface area contributed by atoms with Gasteiger partial charge >= 0.3 is 0 Å². The Hall–Kier alpha value is -4.78. The van der Waals surface area contributed by atoms with Gasteiger partial charge in [0.25, 0.3) is 5.91 Å². The van der Waals surface area contributed by atoms with E-state index in [0.29, 0.717) is 11.3 Å². The van der Waals surface area contributed by atoms with Crippen LogP contribution in [0.3, 0.4) is 0 Å². The third-order valence-corrected chi connectivity index (χ3v) is 5.16. The molecule has 5 aromatic rings. The number of carbonyl (C=O) groups excluding carboxylic acids is 1. The van der Waals surface area contributed by atoms with Crippen molar-refractivity contribution in [1.82, 2.24) is 19.5 Å². The van der Waals surface area contributed by atoms with Gasteiger partial charge in [0, 0.05) is 63.2 Å². The Kier molecular flexibility index (Phi) is 4.17. The van der Waals surface area contributed by atoms with Crippen LogP contribution >= 0.6 is 0 Å². The minimum absolute atomic E-state index is 0.0102. The maximum atomic E-state index is 13.5. The molecule has 0 fully saturated rings. The van der Waals surface area contributed by atoms with E-state index in [9.17, 15) is 4.79 Å². The fourth-order valence-electron chi connectivity index (χ4n) is 3.46. The molecule has 0 bridgehead atoms. The summed E-state index contributed by atoms with van der Waals surface area (Å²) in [5.41, 5.74) is 1.52. The second-order valence-corrected chi connectivity index (χ2v) is 7.97. The first-order chi connectivity index (χ1) is 20.8. The molecule has 0 radical (unpaired) electrons. The second-order valence-electron chi connectivity index (χ2n) is 7.97. The SMILES string of the molecule is [2H]c1c(C)c([2H])c(-n2c([2H])cc(C)c2[2H])c([2H])c1NC(=O)c1ccc(C([2H])([2H])[2H])c(Nc2nccc(-c3cccnc3)n2)c1. The number of anilines is 3. The van der Waals surface area contributed by atoms with Crippen molar-refractivity contribution in [3.8, 4) is 16.9 Å². The average Bonchev–Trinajstić information content (AvgIpc) is 3.24. The molecule has 178 valence electrons.